The largest absolute Gasteiger partial charge is 0.329 e. The number of rotatable bonds is 2. The predicted molar refractivity (Wildman–Crippen MR) is 92.3 cm³/mol. The Kier molecular flexibility index (Phi) is 4.34. The fourth-order valence-corrected chi connectivity index (χ4v) is 3.98. The Balaban J connectivity index is 1.73. The Hall–Kier alpha value is -2.89. The predicted octanol–water partition coefficient (Wildman–Crippen LogP) is 4.11. The van der Waals surface area contributed by atoms with Crippen molar-refractivity contribution in [2.45, 2.75) is 31.1 Å². The highest BCUT2D eigenvalue weighted by Crippen LogP contribution is 2.43. The number of ketones is 1. The quantitative estimate of drug-likeness (QED) is 0.864. The molecule has 1 aliphatic carbocycles. The molecule has 27 heavy (non-hydrogen) atoms. The van der Waals surface area contributed by atoms with E-state index in [9.17, 15) is 22.8 Å². The summed E-state index contributed by atoms with van der Waals surface area (Å²) < 4.78 is 40.7. The molecule has 0 bridgehead atoms. The molecule has 1 heterocycles. The van der Waals surface area contributed by atoms with E-state index in [0.717, 1.165) is 17.7 Å². The van der Waals surface area contributed by atoms with Crippen LogP contribution in [-0.4, -0.2) is 11.7 Å². The van der Waals surface area contributed by atoms with Crippen molar-refractivity contribution in [3.8, 4) is 0 Å². The van der Waals surface area contributed by atoms with Crippen molar-refractivity contribution < 1.29 is 22.8 Å². The van der Waals surface area contributed by atoms with Gasteiger partial charge in [0.05, 0.1) is 0 Å². The minimum Gasteiger partial charge on any atom is -0.329 e. The van der Waals surface area contributed by atoms with Crippen molar-refractivity contribution in [2.75, 3.05) is 0 Å². The van der Waals surface area contributed by atoms with E-state index in [-0.39, 0.29) is 41.8 Å². The fourth-order valence-electron chi connectivity index (χ4n) is 3.98. The van der Waals surface area contributed by atoms with Gasteiger partial charge in [0.1, 0.15) is 17.5 Å². The maximum absolute atomic E-state index is 14.3. The molecule has 3 nitrogen and oxygen atoms in total. The minimum atomic E-state index is -0.769. The maximum atomic E-state index is 14.3. The molecule has 4 rings (SSSR count). The standard InChI is InChI=1S/C21H16F3NO2/c22-13-3-1-11(2-4-13)12-7-18-21(19(26)8-12)16(10-20(27)25-18)15-6-5-14(23)9-17(15)24/h1-6,9,12,16H,7-8,10H2,(H,25,27)/t12-,16+/m0/s1. The van der Waals surface area contributed by atoms with Gasteiger partial charge >= 0.3 is 0 Å². The number of nitrogens with one attached hydrogen (secondary N) is 1. The molecule has 0 fully saturated rings. The number of halogens is 3. The van der Waals surface area contributed by atoms with Crippen LogP contribution in [0.4, 0.5) is 13.2 Å². The molecule has 0 radical (unpaired) electrons. The third-order valence-electron chi connectivity index (χ3n) is 5.22. The number of carbonyl (C=O) groups is 2. The van der Waals surface area contributed by atoms with Gasteiger partial charge in [0, 0.05) is 36.1 Å². The van der Waals surface area contributed by atoms with E-state index >= 15 is 0 Å². The lowest BCUT2D eigenvalue weighted by molar-refractivity contribution is -0.122. The molecular formula is C21H16F3NO2. The normalized spacial score (nSPS) is 22.5. The van der Waals surface area contributed by atoms with E-state index in [1.165, 1.54) is 18.2 Å². The summed E-state index contributed by atoms with van der Waals surface area (Å²) in [5.41, 5.74) is 1.82. The third-order valence-corrected chi connectivity index (χ3v) is 5.22. The van der Waals surface area contributed by atoms with Crippen LogP contribution in [0.15, 0.2) is 53.7 Å². The van der Waals surface area contributed by atoms with Crippen molar-refractivity contribution in [2.24, 2.45) is 0 Å². The van der Waals surface area contributed by atoms with Crippen LogP contribution in [0.5, 0.6) is 0 Å². The van der Waals surface area contributed by atoms with Crippen molar-refractivity contribution in [3.63, 3.8) is 0 Å². The monoisotopic (exact) mass is 371 g/mol. The van der Waals surface area contributed by atoms with Crippen LogP contribution >= 0.6 is 0 Å². The lowest BCUT2D eigenvalue weighted by Gasteiger charge is -2.34. The summed E-state index contributed by atoms with van der Waals surface area (Å²) in [7, 11) is 0. The van der Waals surface area contributed by atoms with E-state index in [1.807, 2.05) is 0 Å². The summed E-state index contributed by atoms with van der Waals surface area (Å²) in [6.45, 7) is 0. The molecule has 0 saturated carbocycles. The summed E-state index contributed by atoms with van der Waals surface area (Å²) in [5, 5.41) is 2.74. The number of hydrogen-bond donors (Lipinski definition) is 1. The Morgan fingerprint density at radius 3 is 2.26 bits per heavy atom. The first-order valence-electron chi connectivity index (χ1n) is 8.69. The number of hydrogen-bond acceptors (Lipinski definition) is 2. The molecule has 2 aromatic carbocycles. The lowest BCUT2D eigenvalue weighted by atomic mass is 9.73. The van der Waals surface area contributed by atoms with Gasteiger partial charge in [-0.05, 0) is 41.7 Å². The molecule has 138 valence electrons. The first-order valence-corrected chi connectivity index (χ1v) is 8.69. The van der Waals surface area contributed by atoms with Crippen LogP contribution in [-0.2, 0) is 9.59 Å². The van der Waals surface area contributed by atoms with Gasteiger partial charge in [-0.15, -0.1) is 0 Å². The molecule has 1 aliphatic heterocycles. The summed E-state index contributed by atoms with van der Waals surface area (Å²) >= 11 is 0. The molecule has 2 aliphatic rings. The molecule has 1 amide bonds. The van der Waals surface area contributed by atoms with Gasteiger partial charge in [0.25, 0.3) is 0 Å². The van der Waals surface area contributed by atoms with E-state index in [4.69, 9.17) is 0 Å². The van der Waals surface area contributed by atoms with Crippen molar-refractivity contribution in [3.05, 3.63) is 82.3 Å². The molecule has 1 N–H and O–H groups in total. The Morgan fingerprint density at radius 1 is 0.852 bits per heavy atom. The van der Waals surface area contributed by atoms with Gasteiger partial charge in [-0.25, -0.2) is 13.2 Å². The van der Waals surface area contributed by atoms with Crippen LogP contribution in [0.3, 0.4) is 0 Å². The minimum absolute atomic E-state index is 0.0612. The van der Waals surface area contributed by atoms with Crippen LogP contribution in [0, 0.1) is 17.5 Å². The van der Waals surface area contributed by atoms with E-state index in [1.54, 1.807) is 12.1 Å². The van der Waals surface area contributed by atoms with Crippen molar-refractivity contribution in [1.29, 1.82) is 0 Å². The zero-order chi connectivity index (χ0) is 19.1. The second kappa shape index (κ2) is 6.68. The summed E-state index contributed by atoms with van der Waals surface area (Å²) in [5.74, 6) is -3.25. The van der Waals surface area contributed by atoms with Crippen molar-refractivity contribution in [1.82, 2.24) is 5.32 Å². The van der Waals surface area contributed by atoms with Crippen LogP contribution < -0.4 is 5.32 Å². The Labute approximate surface area is 153 Å². The lowest BCUT2D eigenvalue weighted by Crippen LogP contribution is -2.38. The van der Waals surface area contributed by atoms with Gasteiger partial charge in [-0.1, -0.05) is 18.2 Å². The number of Topliss-reactive ketones (excluding diaryl/α,β-unsaturated/α-hetero) is 1. The van der Waals surface area contributed by atoms with Crippen LogP contribution in [0.2, 0.25) is 0 Å². The van der Waals surface area contributed by atoms with E-state index in [0.29, 0.717) is 17.7 Å². The molecule has 0 aromatic heterocycles. The van der Waals surface area contributed by atoms with Gasteiger partial charge in [0.15, 0.2) is 5.78 Å². The summed E-state index contributed by atoms with van der Waals surface area (Å²) in [6, 6.07) is 9.09. The molecular weight excluding hydrogens is 355 g/mol. The van der Waals surface area contributed by atoms with Gasteiger partial charge in [-0.2, -0.15) is 0 Å². The van der Waals surface area contributed by atoms with Crippen LogP contribution in [0.25, 0.3) is 0 Å². The first-order chi connectivity index (χ1) is 12.9. The maximum Gasteiger partial charge on any atom is 0.225 e. The van der Waals surface area contributed by atoms with Crippen LogP contribution in [0.1, 0.15) is 42.2 Å². The van der Waals surface area contributed by atoms with Crippen molar-refractivity contribution >= 4 is 11.7 Å². The van der Waals surface area contributed by atoms with E-state index in [2.05, 4.69) is 5.32 Å². The molecule has 6 heteroatoms. The number of benzene rings is 2. The zero-order valence-corrected chi connectivity index (χ0v) is 14.3. The third kappa shape index (κ3) is 3.27. The summed E-state index contributed by atoms with van der Waals surface area (Å²) in [6.07, 6.45) is 0.533. The second-order valence-corrected chi connectivity index (χ2v) is 6.94. The Bertz CT molecular complexity index is 966. The summed E-state index contributed by atoms with van der Waals surface area (Å²) in [4.78, 5) is 25.0. The number of amides is 1. The van der Waals surface area contributed by atoms with Gasteiger partial charge < -0.3 is 5.32 Å². The molecule has 0 unspecified atom stereocenters. The Morgan fingerprint density at radius 2 is 1.56 bits per heavy atom. The van der Waals surface area contributed by atoms with E-state index < -0.39 is 17.6 Å². The van der Waals surface area contributed by atoms with Gasteiger partial charge in [0.2, 0.25) is 5.91 Å². The average molecular weight is 371 g/mol. The van der Waals surface area contributed by atoms with Gasteiger partial charge in [-0.3, -0.25) is 9.59 Å². The SMILES string of the molecule is O=C1C[C@H](c2ccc(F)cc2F)C2=C(C[C@H](c3ccc(F)cc3)CC2=O)N1. The smallest absolute Gasteiger partial charge is 0.225 e. The first kappa shape index (κ1) is 17.5. The topological polar surface area (TPSA) is 46.2 Å². The molecule has 2 atom stereocenters. The molecule has 2 aromatic rings. The second-order valence-electron chi connectivity index (χ2n) is 6.94. The molecule has 0 saturated heterocycles. The highest BCUT2D eigenvalue weighted by molar-refractivity contribution is 6.02. The number of carbonyl (C=O) groups excluding carboxylic acids is 2. The molecule has 0 spiro atoms. The highest BCUT2D eigenvalue weighted by Gasteiger charge is 2.39. The average Bonchev–Trinajstić information content (AvgIpc) is 2.61. The number of allylic oxidation sites excluding steroid dienone is 2. The highest BCUT2D eigenvalue weighted by atomic mass is 19.1. The zero-order valence-electron chi connectivity index (χ0n) is 14.3. The fraction of sp³-hybridized carbons (Fsp3) is 0.238.